The Morgan fingerprint density at radius 3 is 1.65 bits per heavy atom. The van der Waals surface area contributed by atoms with Gasteiger partial charge in [-0.25, -0.2) is 0 Å². The number of carboxylic acid groups (broad SMARTS) is 1. The van der Waals surface area contributed by atoms with Crippen LogP contribution in [0.1, 0.15) is 5.56 Å². The molecule has 114 valence electrons. The Kier molecular flexibility index (Phi) is 4.39. The summed E-state index contributed by atoms with van der Waals surface area (Å²) in [6.07, 6.45) is -1.52. The van der Waals surface area contributed by atoms with Crippen molar-refractivity contribution >= 4 is 6.16 Å². The molecule has 0 atom stereocenters. The molecule has 0 N–H and O–H groups in total. The van der Waals surface area contributed by atoms with Gasteiger partial charge in [0.15, 0.2) is 0 Å². The van der Waals surface area contributed by atoms with E-state index in [1.165, 1.54) is 0 Å². The lowest BCUT2D eigenvalue weighted by molar-refractivity contribution is -0.284. The van der Waals surface area contributed by atoms with Gasteiger partial charge in [-0.15, -0.1) is 0 Å². The van der Waals surface area contributed by atoms with Crippen LogP contribution in [-0.4, -0.2) is 6.16 Å². The van der Waals surface area contributed by atoms with Crippen molar-refractivity contribution in [2.24, 2.45) is 0 Å². The van der Waals surface area contributed by atoms with Crippen molar-refractivity contribution in [1.82, 2.24) is 0 Å². The third-order valence-corrected chi connectivity index (χ3v) is 3.68. The van der Waals surface area contributed by atoms with Crippen molar-refractivity contribution in [1.29, 1.82) is 0 Å². The Hall–Kier alpha value is -3.07. The summed E-state index contributed by atoms with van der Waals surface area (Å²) in [5.74, 6) is 0. The molecule has 0 bridgehead atoms. The van der Waals surface area contributed by atoms with E-state index in [2.05, 4.69) is 0 Å². The number of hydrogen-bond acceptors (Lipinski definition) is 3. The molecule has 0 radical (unpaired) electrons. The lowest BCUT2D eigenvalue weighted by Crippen LogP contribution is -2.23. The molecule has 0 aliphatic heterocycles. The second-order valence-corrected chi connectivity index (χ2v) is 5.10. The zero-order valence-electron chi connectivity index (χ0n) is 12.4. The number of carbonyl (C=O) groups excluding carboxylic acids is 1. The zero-order valence-corrected chi connectivity index (χ0v) is 12.4. The van der Waals surface area contributed by atoms with Crippen LogP contribution in [0, 0.1) is 0 Å². The molecule has 0 saturated carbocycles. The summed E-state index contributed by atoms with van der Waals surface area (Å²) >= 11 is 0. The van der Waals surface area contributed by atoms with Crippen LogP contribution in [0.5, 0.6) is 0 Å². The first-order valence-electron chi connectivity index (χ1n) is 7.32. The van der Waals surface area contributed by atoms with Crippen LogP contribution in [0.3, 0.4) is 0 Å². The van der Waals surface area contributed by atoms with Crippen LogP contribution in [-0.2, 0) is 11.3 Å². The molecular formula is C20H15O3-. The molecule has 23 heavy (non-hydrogen) atoms. The number of ether oxygens (including phenoxy) is 1. The fraction of sp³-hybridized carbons (Fsp3) is 0.0500. The van der Waals surface area contributed by atoms with E-state index in [4.69, 9.17) is 4.74 Å². The van der Waals surface area contributed by atoms with Gasteiger partial charge in [-0.05, 0) is 27.8 Å². The summed E-state index contributed by atoms with van der Waals surface area (Å²) in [6, 6.07) is 25.6. The van der Waals surface area contributed by atoms with Crippen LogP contribution >= 0.6 is 0 Å². The SMILES string of the molecule is O=C([O-])OCc1c(-c2ccccc2)cccc1-c1ccccc1. The van der Waals surface area contributed by atoms with E-state index in [9.17, 15) is 9.90 Å². The second-order valence-electron chi connectivity index (χ2n) is 5.10. The van der Waals surface area contributed by atoms with Crippen molar-refractivity contribution < 1.29 is 14.6 Å². The van der Waals surface area contributed by atoms with Crippen LogP contribution in [0.25, 0.3) is 22.3 Å². The van der Waals surface area contributed by atoms with Crippen LogP contribution in [0.15, 0.2) is 78.9 Å². The molecule has 3 aromatic rings. The Morgan fingerprint density at radius 2 is 1.22 bits per heavy atom. The molecule has 3 rings (SSSR count). The summed E-state index contributed by atoms with van der Waals surface area (Å²) in [6.45, 7) is -0.0440. The monoisotopic (exact) mass is 303 g/mol. The van der Waals surface area contributed by atoms with E-state index in [-0.39, 0.29) is 6.61 Å². The Balaban J connectivity index is 2.14. The van der Waals surface area contributed by atoms with E-state index < -0.39 is 6.16 Å². The van der Waals surface area contributed by atoms with E-state index in [0.717, 1.165) is 27.8 Å². The maximum atomic E-state index is 10.7. The largest absolute Gasteiger partial charge is 0.545 e. The van der Waals surface area contributed by atoms with Crippen molar-refractivity contribution in [2.75, 3.05) is 0 Å². The van der Waals surface area contributed by atoms with Gasteiger partial charge >= 0.3 is 0 Å². The molecule has 3 aromatic carbocycles. The van der Waals surface area contributed by atoms with Gasteiger partial charge in [-0.1, -0.05) is 78.9 Å². The first-order chi connectivity index (χ1) is 11.3. The van der Waals surface area contributed by atoms with E-state index in [1.54, 1.807) is 0 Å². The molecule has 3 nitrogen and oxygen atoms in total. The molecule has 3 heteroatoms. The number of rotatable bonds is 4. The first-order valence-corrected chi connectivity index (χ1v) is 7.32. The predicted octanol–water partition coefficient (Wildman–Crippen LogP) is 3.88. The lowest BCUT2D eigenvalue weighted by Gasteiger charge is -2.18. The third kappa shape index (κ3) is 3.40. The Bertz CT molecular complexity index is 738. The molecule has 0 spiro atoms. The molecule has 0 heterocycles. The highest BCUT2D eigenvalue weighted by atomic mass is 16.7. The first kappa shape index (κ1) is 14.9. The summed E-state index contributed by atoms with van der Waals surface area (Å²) in [4.78, 5) is 10.7. The van der Waals surface area contributed by atoms with Crippen LogP contribution in [0.2, 0.25) is 0 Å². The zero-order chi connectivity index (χ0) is 16.1. The van der Waals surface area contributed by atoms with Gasteiger partial charge in [0.25, 0.3) is 6.16 Å². The summed E-state index contributed by atoms with van der Waals surface area (Å²) in [5.41, 5.74) is 4.76. The minimum atomic E-state index is -1.52. The van der Waals surface area contributed by atoms with Gasteiger partial charge in [0.1, 0.15) is 0 Å². The summed E-state index contributed by atoms with van der Waals surface area (Å²) in [5, 5.41) is 10.7. The number of carbonyl (C=O) groups is 1. The van der Waals surface area contributed by atoms with E-state index in [0.29, 0.717) is 0 Å². The van der Waals surface area contributed by atoms with Crippen molar-refractivity contribution in [2.45, 2.75) is 6.61 Å². The summed E-state index contributed by atoms with van der Waals surface area (Å²) in [7, 11) is 0. The van der Waals surface area contributed by atoms with Gasteiger partial charge in [-0.3, -0.25) is 0 Å². The maximum absolute atomic E-state index is 10.7. The Labute approximate surface area is 134 Å². The Morgan fingerprint density at radius 1 is 0.739 bits per heavy atom. The lowest BCUT2D eigenvalue weighted by atomic mass is 9.92. The van der Waals surface area contributed by atoms with Crippen molar-refractivity contribution in [3.8, 4) is 22.3 Å². The average Bonchev–Trinajstić information content (AvgIpc) is 2.61. The van der Waals surface area contributed by atoms with Gasteiger partial charge in [-0.2, -0.15) is 0 Å². The van der Waals surface area contributed by atoms with E-state index >= 15 is 0 Å². The predicted molar refractivity (Wildman–Crippen MR) is 87.5 cm³/mol. The van der Waals surface area contributed by atoms with Gasteiger partial charge < -0.3 is 14.6 Å². The molecule has 0 fully saturated rings. The highest BCUT2D eigenvalue weighted by molar-refractivity contribution is 5.78. The molecule has 0 aliphatic rings. The maximum Gasteiger partial charge on any atom is 0.252 e. The molecule has 0 amide bonds. The van der Waals surface area contributed by atoms with Crippen molar-refractivity contribution in [3.63, 3.8) is 0 Å². The highest BCUT2D eigenvalue weighted by Crippen LogP contribution is 2.32. The molecule has 0 saturated heterocycles. The molecular weight excluding hydrogens is 288 g/mol. The average molecular weight is 303 g/mol. The van der Waals surface area contributed by atoms with Gasteiger partial charge in [0, 0.05) is 0 Å². The van der Waals surface area contributed by atoms with Crippen LogP contribution in [0.4, 0.5) is 4.79 Å². The van der Waals surface area contributed by atoms with E-state index in [1.807, 2.05) is 78.9 Å². The van der Waals surface area contributed by atoms with Crippen molar-refractivity contribution in [3.05, 3.63) is 84.4 Å². The molecule has 0 aromatic heterocycles. The third-order valence-electron chi connectivity index (χ3n) is 3.68. The minimum absolute atomic E-state index is 0.0440. The summed E-state index contributed by atoms with van der Waals surface area (Å²) < 4.78 is 4.76. The molecule has 0 unspecified atom stereocenters. The topological polar surface area (TPSA) is 49.4 Å². The van der Waals surface area contributed by atoms with Gasteiger partial charge in [0.05, 0.1) is 6.61 Å². The number of benzene rings is 3. The number of hydrogen-bond donors (Lipinski definition) is 0. The second kappa shape index (κ2) is 6.79. The normalized spacial score (nSPS) is 10.3. The van der Waals surface area contributed by atoms with Crippen LogP contribution < -0.4 is 5.11 Å². The minimum Gasteiger partial charge on any atom is -0.545 e. The highest BCUT2D eigenvalue weighted by Gasteiger charge is 2.11. The fourth-order valence-electron chi connectivity index (χ4n) is 2.65. The molecule has 0 aliphatic carbocycles. The smallest absolute Gasteiger partial charge is 0.252 e. The van der Waals surface area contributed by atoms with Gasteiger partial charge in [0.2, 0.25) is 0 Å². The quantitative estimate of drug-likeness (QED) is 0.687. The fourth-order valence-corrected chi connectivity index (χ4v) is 2.65. The standard InChI is InChI=1S/C20H16O3/c21-20(22)23-14-19-17(15-8-3-1-4-9-15)12-7-13-18(19)16-10-5-2-6-11-16/h1-13H,14H2,(H,21,22)/p-1.